The molecule has 3 rings (SSSR count). The molecule has 3 aromatic rings. The van der Waals surface area contributed by atoms with Gasteiger partial charge >= 0.3 is 0 Å². The molecule has 0 saturated heterocycles. The number of sulfonamides is 1. The summed E-state index contributed by atoms with van der Waals surface area (Å²) in [6, 6.07) is 10.5. The molecule has 1 heterocycles. The van der Waals surface area contributed by atoms with Crippen LogP contribution in [0.15, 0.2) is 59.6 Å². The van der Waals surface area contributed by atoms with E-state index in [1.54, 1.807) is 18.2 Å². The van der Waals surface area contributed by atoms with Gasteiger partial charge in [0.2, 0.25) is 0 Å². The van der Waals surface area contributed by atoms with Crippen LogP contribution in [0.2, 0.25) is 0 Å². The van der Waals surface area contributed by atoms with Crippen molar-refractivity contribution in [2.24, 2.45) is 0 Å². The molecule has 122 valence electrons. The first-order valence-electron chi connectivity index (χ1n) is 6.69. The van der Waals surface area contributed by atoms with Gasteiger partial charge in [0, 0.05) is 23.7 Å². The first-order valence-corrected chi connectivity index (χ1v) is 8.17. The standard InChI is InChI=1S/C15H10FN3O4S/c16-12-7-6-11(19(20)21)9-13(12)18-24(22,23)14-5-1-3-10-4-2-8-17-15(10)14/h1-9,18H. The van der Waals surface area contributed by atoms with Gasteiger partial charge in [-0.15, -0.1) is 0 Å². The molecule has 0 radical (unpaired) electrons. The lowest BCUT2D eigenvalue weighted by molar-refractivity contribution is -0.384. The van der Waals surface area contributed by atoms with Crippen LogP contribution < -0.4 is 4.72 Å². The largest absolute Gasteiger partial charge is 0.276 e. The van der Waals surface area contributed by atoms with Crippen LogP contribution in [0.3, 0.4) is 0 Å². The molecule has 0 saturated carbocycles. The van der Waals surface area contributed by atoms with Crippen LogP contribution in [0, 0.1) is 15.9 Å². The van der Waals surface area contributed by atoms with Crippen molar-refractivity contribution >= 4 is 32.3 Å². The predicted octanol–water partition coefficient (Wildman–Crippen LogP) is 3.08. The zero-order chi connectivity index (χ0) is 17.3. The minimum absolute atomic E-state index is 0.147. The maximum atomic E-state index is 13.8. The Morgan fingerprint density at radius 3 is 2.62 bits per heavy atom. The van der Waals surface area contributed by atoms with Crippen LogP contribution in [0.25, 0.3) is 10.9 Å². The molecule has 0 bridgehead atoms. The number of nitro benzene ring substituents is 1. The van der Waals surface area contributed by atoms with Crippen molar-refractivity contribution in [2.45, 2.75) is 4.90 Å². The normalized spacial score (nSPS) is 11.4. The Bertz CT molecular complexity index is 1050. The van der Waals surface area contributed by atoms with E-state index in [0.717, 1.165) is 18.2 Å². The highest BCUT2D eigenvalue weighted by atomic mass is 32.2. The van der Waals surface area contributed by atoms with Gasteiger partial charge in [0.05, 0.1) is 16.1 Å². The van der Waals surface area contributed by atoms with Gasteiger partial charge in [-0.3, -0.25) is 19.8 Å². The molecule has 2 aromatic carbocycles. The summed E-state index contributed by atoms with van der Waals surface area (Å²) in [6.07, 6.45) is 1.44. The van der Waals surface area contributed by atoms with E-state index < -0.39 is 32.1 Å². The monoisotopic (exact) mass is 347 g/mol. The number of fused-ring (bicyclic) bond motifs is 1. The summed E-state index contributed by atoms with van der Waals surface area (Å²) in [5.41, 5.74) is -0.708. The first-order chi connectivity index (χ1) is 11.4. The fourth-order valence-electron chi connectivity index (χ4n) is 2.20. The zero-order valence-electron chi connectivity index (χ0n) is 12.0. The number of non-ortho nitro benzene ring substituents is 1. The minimum atomic E-state index is -4.18. The summed E-state index contributed by atoms with van der Waals surface area (Å²) in [5, 5.41) is 11.4. The number of nitrogens with one attached hydrogen (secondary N) is 1. The Labute approximate surface area is 136 Å². The van der Waals surface area contributed by atoms with Gasteiger partial charge in [0.25, 0.3) is 15.7 Å². The Kier molecular flexibility index (Phi) is 3.86. The fraction of sp³-hybridized carbons (Fsp3) is 0. The predicted molar refractivity (Wildman–Crippen MR) is 85.6 cm³/mol. The topological polar surface area (TPSA) is 102 Å². The van der Waals surface area contributed by atoms with Crippen LogP contribution in [0.4, 0.5) is 15.8 Å². The molecular weight excluding hydrogens is 337 g/mol. The summed E-state index contributed by atoms with van der Waals surface area (Å²) in [6.45, 7) is 0. The van der Waals surface area contributed by atoms with Crippen LogP contribution in [0.5, 0.6) is 0 Å². The molecule has 0 aliphatic carbocycles. The number of pyridine rings is 1. The summed E-state index contributed by atoms with van der Waals surface area (Å²) in [7, 11) is -4.18. The highest BCUT2D eigenvalue weighted by Gasteiger charge is 2.21. The minimum Gasteiger partial charge on any atom is -0.276 e. The molecule has 0 fully saturated rings. The molecule has 9 heteroatoms. The van der Waals surface area contributed by atoms with Crippen LogP contribution in [-0.2, 0) is 10.0 Å². The zero-order valence-corrected chi connectivity index (χ0v) is 12.8. The number of aromatic nitrogens is 1. The Balaban J connectivity index is 2.09. The highest BCUT2D eigenvalue weighted by molar-refractivity contribution is 7.93. The Hall–Kier alpha value is -3.07. The van der Waals surface area contributed by atoms with Crippen LogP contribution >= 0.6 is 0 Å². The van der Waals surface area contributed by atoms with Gasteiger partial charge < -0.3 is 0 Å². The maximum Gasteiger partial charge on any atom is 0.271 e. The number of nitro groups is 1. The molecule has 1 N–H and O–H groups in total. The second-order valence-electron chi connectivity index (χ2n) is 4.86. The summed E-state index contributed by atoms with van der Waals surface area (Å²) in [5.74, 6) is -0.919. The molecule has 0 amide bonds. The van der Waals surface area contributed by atoms with E-state index >= 15 is 0 Å². The van der Waals surface area contributed by atoms with Gasteiger partial charge in [-0.25, -0.2) is 12.8 Å². The van der Waals surface area contributed by atoms with Crippen molar-refractivity contribution in [2.75, 3.05) is 4.72 Å². The summed E-state index contributed by atoms with van der Waals surface area (Å²) < 4.78 is 41.0. The van der Waals surface area contributed by atoms with E-state index in [9.17, 15) is 22.9 Å². The smallest absolute Gasteiger partial charge is 0.271 e. The van der Waals surface area contributed by atoms with Crippen LogP contribution in [0.1, 0.15) is 0 Å². The number of benzene rings is 2. The van der Waals surface area contributed by atoms with Gasteiger partial charge in [0.1, 0.15) is 10.7 Å². The molecule has 0 unspecified atom stereocenters. The fourth-order valence-corrected chi connectivity index (χ4v) is 3.44. The molecule has 0 atom stereocenters. The molecular formula is C15H10FN3O4S. The van der Waals surface area contributed by atoms with E-state index in [-0.39, 0.29) is 10.4 Å². The average molecular weight is 347 g/mol. The lowest BCUT2D eigenvalue weighted by atomic mass is 10.2. The summed E-state index contributed by atoms with van der Waals surface area (Å²) >= 11 is 0. The van der Waals surface area contributed by atoms with E-state index in [0.29, 0.717) is 5.39 Å². The van der Waals surface area contributed by atoms with Crippen molar-refractivity contribution in [1.29, 1.82) is 0 Å². The second-order valence-corrected chi connectivity index (χ2v) is 6.51. The number of anilines is 1. The van der Waals surface area contributed by atoms with Gasteiger partial charge in [-0.2, -0.15) is 0 Å². The number of nitrogens with zero attached hydrogens (tertiary/aromatic N) is 2. The van der Waals surface area contributed by atoms with Gasteiger partial charge in [0.15, 0.2) is 0 Å². The van der Waals surface area contributed by atoms with E-state index in [1.165, 1.54) is 18.3 Å². The Morgan fingerprint density at radius 1 is 1.12 bits per heavy atom. The van der Waals surface area contributed by atoms with Gasteiger partial charge in [-0.1, -0.05) is 18.2 Å². The second kappa shape index (κ2) is 5.85. The lowest BCUT2D eigenvalue weighted by Crippen LogP contribution is -2.15. The van der Waals surface area contributed by atoms with Crippen molar-refractivity contribution < 1.29 is 17.7 Å². The van der Waals surface area contributed by atoms with Crippen molar-refractivity contribution in [1.82, 2.24) is 4.98 Å². The molecule has 24 heavy (non-hydrogen) atoms. The van der Waals surface area contributed by atoms with Crippen molar-refractivity contribution in [3.05, 3.63) is 70.7 Å². The third kappa shape index (κ3) is 2.88. The van der Waals surface area contributed by atoms with E-state index in [4.69, 9.17) is 0 Å². The SMILES string of the molecule is O=[N+]([O-])c1ccc(F)c(NS(=O)(=O)c2cccc3cccnc23)c1. The van der Waals surface area contributed by atoms with E-state index in [2.05, 4.69) is 4.98 Å². The summed E-state index contributed by atoms with van der Waals surface area (Å²) in [4.78, 5) is 13.9. The quantitative estimate of drug-likeness (QED) is 0.577. The van der Waals surface area contributed by atoms with Crippen molar-refractivity contribution in [3.63, 3.8) is 0 Å². The third-order valence-corrected chi connectivity index (χ3v) is 4.69. The lowest BCUT2D eigenvalue weighted by Gasteiger charge is -2.10. The van der Waals surface area contributed by atoms with Gasteiger partial charge in [-0.05, 0) is 18.2 Å². The molecule has 0 spiro atoms. The van der Waals surface area contributed by atoms with Crippen LogP contribution in [-0.4, -0.2) is 18.3 Å². The average Bonchev–Trinajstić information content (AvgIpc) is 2.56. The first kappa shape index (κ1) is 15.8. The molecule has 0 aliphatic rings. The number of halogens is 1. The number of hydrogen-bond donors (Lipinski definition) is 1. The maximum absolute atomic E-state index is 13.8. The van der Waals surface area contributed by atoms with Crippen molar-refractivity contribution in [3.8, 4) is 0 Å². The molecule has 7 nitrogen and oxygen atoms in total. The highest BCUT2D eigenvalue weighted by Crippen LogP contribution is 2.26. The molecule has 0 aliphatic heterocycles. The number of rotatable bonds is 4. The number of para-hydroxylation sites is 1. The third-order valence-electron chi connectivity index (χ3n) is 3.29. The molecule has 1 aromatic heterocycles. The van der Waals surface area contributed by atoms with E-state index in [1.807, 2.05) is 4.72 Å². The Morgan fingerprint density at radius 2 is 1.88 bits per heavy atom. The number of hydrogen-bond acceptors (Lipinski definition) is 5.